The van der Waals surface area contributed by atoms with Crippen LogP contribution in [0, 0.1) is 0 Å². The molecule has 2 amide bonds. The summed E-state index contributed by atoms with van der Waals surface area (Å²) in [6.07, 6.45) is 0. The number of hydrogen-bond donors (Lipinski definition) is 4. The van der Waals surface area contributed by atoms with Crippen molar-refractivity contribution in [2.45, 2.75) is 6.54 Å². The van der Waals surface area contributed by atoms with Crippen molar-refractivity contribution in [3.05, 3.63) is 54.1 Å². The summed E-state index contributed by atoms with van der Waals surface area (Å²) in [4.78, 5) is 11.8. The average molecular weight is 256 g/mol. The van der Waals surface area contributed by atoms with Crippen LogP contribution in [0.4, 0.5) is 21.9 Å². The van der Waals surface area contributed by atoms with Crippen LogP contribution in [0.1, 0.15) is 5.56 Å². The Bertz CT molecular complexity index is 569. The van der Waals surface area contributed by atoms with Crippen LogP contribution in [-0.2, 0) is 6.54 Å². The summed E-state index contributed by atoms with van der Waals surface area (Å²) in [5.41, 5.74) is 14.1. The second kappa shape index (κ2) is 5.88. The molecule has 0 heterocycles. The van der Waals surface area contributed by atoms with Gasteiger partial charge in [0.2, 0.25) is 0 Å². The molecule has 0 unspecified atom stereocenters. The van der Waals surface area contributed by atoms with Gasteiger partial charge in [-0.3, -0.25) is 0 Å². The van der Waals surface area contributed by atoms with Gasteiger partial charge in [0.1, 0.15) is 0 Å². The number of nitrogens with one attached hydrogen (secondary N) is 2. The van der Waals surface area contributed by atoms with Crippen LogP contribution < -0.4 is 22.1 Å². The molecule has 2 rings (SSSR count). The molecule has 0 radical (unpaired) electrons. The highest BCUT2D eigenvalue weighted by Gasteiger charge is 2.04. The molecular weight excluding hydrogens is 240 g/mol. The third-order valence-electron chi connectivity index (χ3n) is 2.66. The fourth-order valence-electron chi connectivity index (χ4n) is 1.67. The van der Waals surface area contributed by atoms with Crippen molar-refractivity contribution in [2.24, 2.45) is 5.73 Å². The Balaban J connectivity index is 2.01. The molecule has 0 aliphatic carbocycles. The lowest BCUT2D eigenvalue weighted by Gasteiger charge is -2.09. The summed E-state index contributed by atoms with van der Waals surface area (Å²) in [5, 5.41) is 5.43. The van der Waals surface area contributed by atoms with Gasteiger partial charge in [0, 0.05) is 23.6 Å². The zero-order valence-corrected chi connectivity index (χ0v) is 10.4. The van der Waals surface area contributed by atoms with Gasteiger partial charge in [-0.2, -0.15) is 0 Å². The molecule has 6 N–H and O–H groups in total. The van der Waals surface area contributed by atoms with Gasteiger partial charge >= 0.3 is 6.03 Å². The van der Waals surface area contributed by atoms with E-state index in [-0.39, 0.29) is 6.03 Å². The Morgan fingerprint density at radius 3 is 2.32 bits per heavy atom. The minimum Gasteiger partial charge on any atom is -0.398 e. The first kappa shape index (κ1) is 12.9. The summed E-state index contributed by atoms with van der Waals surface area (Å²) in [6, 6.07) is 14.1. The predicted molar refractivity (Wildman–Crippen MR) is 77.8 cm³/mol. The normalized spacial score (nSPS) is 9.95. The Morgan fingerprint density at radius 2 is 1.68 bits per heavy atom. The molecule has 0 aromatic heterocycles. The van der Waals surface area contributed by atoms with Crippen LogP contribution in [0.3, 0.4) is 0 Å². The van der Waals surface area contributed by atoms with E-state index in [1.807, 2.05) is 30.3 Å². The smallest absolute Gasteiger partial charge is 0.323 e. The average Bonchev–Trinajstić information content (AvgIpc) is 2.40. The SMILES string of the molecule is NCc1ccc(NC(=O)Nc2ccccc2)cc1N. The van der Waals surface area contributed by atoms with Crippen molar-refractivity contribution in [2.75, 3.05) is 16.4 Å². The van der Waals surface area contributed by atoms with Gasteiger partial charge in [-0.1, -0.05) is 24.3 Å². The third-order valence-corrected chi connectivity index (χ3v) is 2.66. The number of hydrogen-bond acceptors (Lipinski definition) is 3. The van der Waals surface area contributed by atoms with Gasteiger partial charge in [0.05, 0.1) is 0 Å². The quantitative estimate of drug-likeness (QED) is 0.635. The molecule has 2 aromatic carbocycles. The lowest BCUT2D eigenvalue weighted by Crippen LogP contribution is -2.19. The maximum atomic E-state index is 11.8. The van der Waals surface area contributed by atoms with Crippen molar-refractivity contribution in [3.63, 3.8) is 0 Å². The number of anilines is 3. The molecule has 19 heavy (non-hydrogen) atoms. The lowest BCUT2D eigenvalue weighted by atomic mass is 10.1. The second-order valence-electron chi connectivity index (χ2n) is 4.06. The number of benzene rings is 2. The molecule has 5 nitrogen and oxygen atoms in total. The molecular formula is C14H16N4O. The van der Waals surface area contributed by atoms with E-state index in [1.54, 1.807) is 18.2 Å². The van der Waals surface area contributed by atoms with Crippen LogP contribution >= 0.6 is 0 Å². The van der Waals surface area contributed by atoms with Crippen LogP contribution in [0.15, 0.2) is 48.5 Å². The Labute approximate surface area is 111 Å². The monoisotopic (exact) mass is 256 g/mol. The van der Waals surface area contributed by atoms with Crippen LogP contribution in [0.2, 0.25) is 0 Å². The number of urea groups is 1. The molecule has 0 saturated carbocycles. The molecule has 0 spiro atoms. The Morgan fingerprint density at radius 1 is 1.00 bits per heavy atom. The number of amides is 2. The van der Waals surface area contributed by atoms with E-state index in [4.69, 9.17) is 11.5 Å². The standard InChI is InChI=1S/C14H16N4O/c15-9-10-6-7-12(8-13(10)16)18-14(19)17-11-4-2-1-3-5-11/h1-8H,9,15-16H2,(H2,17,18,19). The predicted octanol–water partition coefficient (Wildman–Crippen LogP) is 2.37. The highest BCUT2D eigenvalue weighted by Crippen LogP contribution is 2.17. The van der Waals surface area contributed by atoms with Crippen LogP contribution in [0.5, 0.6) is 0 Å². The maximum Gasteiger partial charge on any atom is 0.323 e. The fraction of sp³-hybridized carbons (Fsp3) is 0.0714. The van der Waals surface area contributed by atoms with Crippen LogP contribution in [0.25, 0.3) is 0 Å². The van der Waals surface area contributed by atoms with Crippen molar-refractivity contribution in [3.8, 4) is 0 Å². The minimum absolute atomic E-state index is 0.314. The maximum absolute atomic E-state index is 11.8. The van der Waals surface area contributed by atoms with Crippen LogP contribution in [-0.4, -0.2) is 6.03 Å². The molecule has 0 bridgehead atoms. The molecule has 5 heteroatoms. The molecule has 0 fully saturated rings. The van der Waals surface area contributed by atoms with Gasteiger partial charge in [-0.15, -0.1) is 0 Å². The van der Waals surface area contributed by atoms with Gasteiger partial charge in [-0.25, -0.2) is 4.79 Å². The Hall–Kier alpha value is -2.53. The zero-order chi connectivity index (χ0) is 13.7. The molecule has 98 valence electrons. The number of para-hydroxylation sites is 1. The first-order valence-electron chi connectivity index (χ1n) is 5.90. The largest absolute Gasteiger partial charge is 0.398 e. The van der Waals surface area contributed by atoms with Gasteiger partial charge in [0.25, 0.3) is 0 Å². The van der Waals surface area contributed by atoms with E-state index in [0.717, 1.165) is 11.3 Å². The van der Waals surface area contributed by atoms with E-state index < -0.39 is 0 Å². The first-order valence-corrected chi connectivity index (χ1v) is 5.90. The molecule has 0 saturated heterocycles. The van der Waals surface area contributed by atoms with Gasteiger partial charge < -0.3 is 22.1 Å². The summed E-state index contributed by atoms with van der Waals surface area (Å²) in [7, 11) is 0. The minimum atomic E-state index is -0.314. The highest BCUT2D eigenvalue weighted by molar-refractivity contribution is 6.00. The van der Waals surface area contributed by atoms with Crippen molar-refractivity contribution in [1.29, 1.82) is 0 Å². The van der Waals surface area contributed by atoms with Gasteiger partial charge in [-0.05, 0) is 29.8 Å². The third kappa shape index (κ3) is 3.46. The van der Waals surface area contributed by atoms with Gasteiger partial charge in [0.15, 0.2) is 0 Å². The van der Waals surface area contributed by atoms with E-state index in [9.17, 15) is 4.79 Å². The fourth-order valence-corrected chi connectivity index (χ4v) is 1.67. The summed E-state index contributed by atoms with van der Waals surface area (Å²) in [6.45, 7) is 0.377. The summed E-state index contributed by atoms with van der Waals surface area (Å²) in [5.74, 6) is 0. The summed E-state index contributed by atoms with van der Waals surface area (Å²) >= 11 is 0. The molecule has 0 aliphatic rings. The van der Waals surface area contributed by atoms with E-state index in [1.165, 1.54) is 0 Å². The lowest BCUT2D eigenvalue weighted by molar-refractivity contribution is 0.262. The van der Waals surface area contributed by atoms with E-state index in [0.29, 0.717) is 17.9 Å². The number of carbonyl (C=O) groups is 1. The highest BCUT2D eigenvalue weighted by atomic mass is 16.2. The Kier molecular flexibility index (Phi) is 4.00. The molecule has 2 aromatic rings. The molecule has 0 atom stereocenters. The number of carbonyl (C=O) groups excluding carboxylic acids is 1. The second-order valence-corrected chi connectivity index (χ2v) is 4.06. The topological polar surface area (TPSA) is 93.2 Å². The first-order chi connectivity index (χ1) is 9.19. The summed E-state index contributed by atoms with van der Waals surface area (Å²) < 4.78 is 0. The number of nitrogen functional groups attached to an aromatic ring is 1. The zero-order valence-electron chi connectivity index (χ0n) is 10.4. The van der Waals surface area contributed by atoms with Crippen molar-refractivity contribution in [1.82, 2.24) is 0 Å². The van der Waals surface area contributed by atoms with Crippen molar-refractivity contribution >= 4 is 23.1 Å². The van der Waals surface area contributed by atoms with E-state index >= 15 is 0 Å². The van der Waals surface area contributed by atoms with Crippen molar-refractivity contribution < 1.29 is 4.79 Å². The number of nitrogens with two attached hydrogens (primary N) is 2. The molecule has 0 aliphatic heterocycles. The number of rotatable bonds is 3. The van der Waals surface area contributed by atoms with E-state index in [2.05, 4.69) is 10.6 Å².